The summed E-state index contributed by atoms with van der Waals surface area (Å²) in [4.78, 5) is 44.0. The molecule has 0 aliphatic carbocycles. The predicted octanol–water partition coefficient (Wildman–Crippen LogP) is 3.07. The minimum absolute atomic E-state index is 0.00967. The van der Waals surface area contributed by atoms with E-state index in [-0.39, 0.29) is 23.1 Å². The van der Waals surface area contributed by atoms with E-state index in [1.807, 2.05) is 11.9 Å². The Hall–Kier alpha value is -1.79. The van der Waals surface area contributed by atoms with Crippen molar-refractivity contribution in [3.63, 3.8) is 0 Å². The highest BCUT2D eigenvalue weighted by molar-refractivity contribution is 6.42. The van der Waals surface area contributed by atoms with Gasteiger partial charge in [-0.3, -0.25) is 14.4 Å². The molecule has 3 aliphatic rings. The van der Waals surface area contributed by atoms with Crippen LogP contribution in [-0.4, -0.2) is 71.7 Å². The fourth-order valence-electron chi connectivity index (χ4n) is 4.89. The number of nitrogens with zero attached hydrogens (tertiary/aromatic N) is 3. The molecule has 1 aromatic rings. The van der Waals surface area contributed by atoms with Gasteiger partial charge in [0.15, 0.2) is 0 Å². The average molecular weight is 438 g/mol. The van der Waals surface area contributed by atoms with Crippen molar-refractivity contribution in [3.05, 3.63) is 33.8 Å². The van der Waals surface area contributed by atoms with Gasteiger partial charge in [-0.2, -0.15) is 0 Å². The molecular weight excluding hydrogens is 413 g/mol. The Labute approximate surface area is 180 Å². The van der Waals surface area contributed by atoms with Gasteiger partial charge in [-0.1, -0.05) is 23.2 Å². The molecule has 0 N–H and O–H groups in total. The molecule has 3 heterocycles. The smallest absolute Gasteiger partial charge is 0.254 e. The molecule has 3 fully saturated rings. The summed E-state index contributed by atoms with van der Waals surface area (Å²) in [6.07, 6.45) is 3.74. The maximum atomic E-state index is 13.2. The Bertz CT molecular complexity index is 852. The molecule has 29 heavy (non-hydrogen) atoms. The molecule has 156 valence electrons. The van der Waals surface area contributed by atoms with Gasteiger partial charge < -0.3 is 14.7 Å². The van der Waals surface area contributed by atoms with E-state index in [4.69, 9.17) is 23.2 Å². The molecule has 3 saturated heterocycles. The van der Waals surface area contributed by atoms with E-state index < -0.39 is 6.04 Å². The van der Waals surface area contributed by atoms with Crippen LogP contribution in [0.4, 0.5) is 0 Å². The Kier molecular flexibility index (Phi) is 5.51. The normalized spacial score (nSPS) is 23.9. The zero-order valence-electron chi connectivity index (χ0n) is 16.5. The second-order valence-electron chi connectivity index (χ2n) is 8.37. The topological polar surface area (TPSA) is 60.9 Å². The molecule has 4 rings (SSSR count). The number of carbonyl (C=O) groups excluding carboxylic acids is 3. The van der Waals surface area contributed by atoms with Crippen LogP contribution < -0.4 is 0 Å². The molecule has 0 saturated carbocycles. The van der Waals surface area contributed by atoms with E-state index in [1.54, 1.807) is 28.0 Å². The second kappa shape index (κ2) is 7.80. The average Bonchev–Trinajstić information content (AvgIpc) is 3.31. The van der Waals surface area contributed by atoms with Crippen molar-refractivity contribution in [2.45, 2.75) is 38.1 Å². The van der Waals surface area contributed by atoms with Crippen LogP contribution in [0.1, 0.15) is 42.5 Å². The van der Waals surface area contributed by atoms with E-state index >= 15 is 0 Å². The number of carbonyl (C=O) groups is 3. The number of rotatable bonds is 2. The Morgan fingerprint density at radius 1 is 1.03 bits per heavy atom. The van der Waals surface area contributed by atoms with E-state index in [0.29, 0.717) is 54.5 Å². The number of amides is 3. The maximum absolute atomic E-state index is 13.2. The molecule has 0 aromatic heterocycles. The fourth-order valence-corrected chi connectivity index (χ4v) is 5.18. The SMILES string of the molecule is CN1CCC2(CCN(C(=O)C3CCCN3C(=O)c3ccc(Cl)c(Cl)c3)CC2)C1=O. The Balaban J connectivity index is 1.44. The fraction of sp³-hybridized carbons (Fsp3) is 0.571. The van der Waals surface area contributed by atoms with Crippen LogP contribution in [0.3, 0.4) is 0 Å². The molecule has 0 bridgehead atoms. The molecule has 1 spiro atoms. The molecule has 1 unspecified atom stereocenters. The van der Waals surface area contributed by atoms with Crippen molar-refractivity contribution >= 4 is 40.9 Å². The first-order chi connectivity index (χ1) is 13.8. The first kappa shape index (κ1) is 20.5. The molecule has 3 amide bonds. The third-order valence-corrected chi connectivity index (χ3v) is 7.46. The van der Waals surface area contributed by atoms with E-state index in [1.165, 1.54) is 0 Å². The maximum Gasteiger partial charge on any atom is 0.254 e. The lowest BCUT2D eigenvalue weighted by molar-refractivity contribution is -0.143. The number of hydrogen-bond donors (Lipinski definition) is 0. The molecule has 3 aliphatic heterocycles. The zero-order chi connectivity index (χ0) is 20.8. The Morgan fingerprint density at radius 3 is 2.34 bits per heavy atom. The number of likely N-dealkylation sites (tertiary alicyclic amines) is 3. The van der Waals surface area contributed by atoms with Crippen LogP contribution >= 0.6 is 23.2 Å². The molecule has 1 aromatic carbocycles. The van der Waals surface area contributed by atoms with Crippen LogP contribution in [0.2, 0.25) is 10.0 Å². The summed E-state index contributed by atoms with van der Waals surface area (Å²) in [6.45, 7) is 2.49. The van der Waals surface area contributed by atoms with Crippen LogP contribution in [0.25, 0.3) is 0 Å². The largest absolute Gasteiger partial charge is 0.345 e. The van der Waals surface area contributed by atoms with Crippen molar-refractivity contribution in [1.82, 2.24) is 14.7 Å². The van der Waals surface area contributed by atoms with Gasteiger partial charge in [-0.25, -0.2) is 0 Å². The van der Waals surface area contributed by atoms with Gasteiger partial charge in [0, 0.05) is 38.8 Å². The van der Waals surface area contributed by atoms with Gasteiger partial charge >= 0.3 is 0 Å². The molecular formula is C21H25Cl2N3O3. The Morgan fingerprint density at radius 2 is 1.72 bits per heavy atom. The van der Waals surface area contributed by atoms with Crippen molar-refractivity contribution < 1.29 is 14.4 Å². The summed E-state index contributed by atoms with van der Waals surface area (Å²) in [7, 11) is 1.85. The van der Waals surface area contributed by atoms with Crippen molar-refractivity contribution in [2.75, 3.05) is 33.2 Å². The standard InChI is InChI=1S/C21H25Cl2N3O3/c1-24-10-6-21(20(24)29)7-11-25(12-8-21)19(28)17-3-2-9-26(17)18(27)14-4-5-15(22)16(23)13-14/h4-5,13,17H,2-3,6-12H2,1H3. The van der Waals surface area contributed by atoms with Crippen molar-refractivity contribution in [1.29, 1.82) is 0 Å². The van der Waals surface area contributed by atoms with Gasteiger partial charge in [-0.05, 0) is 50.3 Å². The molecule has 1 atom stereocenters. The van der Waals surface area contributed by atoms with Crippen LogP contribution in [0.5, 0.6) is 0 Å². The molecule has 0 radical (unpaired) electrons. The van der Waals surface area contributed by atoms with Crippen molar-refractivity contribution in [3.8, 4) is 0 Å². The van der Waals surface area contributed by atoms with Crippen LogP contribution in [0, 0.1) is 5.41 Å². The van der Waals surface area contributed by atoms with Gasteiger partial charge in [0.05, 0.1) is 15.5 Å². The highest BCUT2D eigenvalue weighted by atomic mass is 35.5. The summed E-state index contributed by atoms with van der Waals surface area (Å²) in [5.74, 6) is 0.00643. The minimum Gasteiger partial charge on any atom is -0.345 e. The molecule has 6 nitrogen and oxygen atoms in total. The van der Waals surface area contributed by atoms with E-state index in [2.05, 4.69) is 0 Å². The lowest BCUT2D eigenvalue weighted by Gasteiger charge is -2.39. The predicted molar refractivity (Wildman–Crippen MR) is 111 cm³/mol. The summed E-state index contributed by atoms with van der Waals surface area (Å²) in [5.41, 5.74) is 0.146. The number of halogens is 2. The third-order valence-electron chi connectivity index (χ3n) is 6.72. The molecule has 8 heteroatoms. The van der Waals surface area contributed by atoms with Crippen LogP contribution in [0.15, 0.2) is 18.2 Å². The highest BCUT2D eigenvalue weighted by Gasteiger charge is 2.48. The van der Waals surface area contributed by atoms with E-state index in [0.717, 1.165) is 19.4 Å². The zero-order valence-corrected chi connectivity index (χ0v) is 18.0. The van der Waals surface area contributed by atoms with Crippen molar-refractivity contribution in [2.24, 2.45) is 5.41 Å². The van der Waals surface area contributed by atoms with Gasteiger partial charge in [-0.15, -0.1) is 0 Å². The summed E-state index contributed by atoms with van der Waals surface area (Å²) in [5, 5.41) is 0.721. The van der Waals surface area contributed by atoms with Gasteiger partial charge in [0.1, 0.15) is 6.04 Å². The minimum atomic E-state index is -0.451. The van der Waals surface area contributed by atoms with Gasteiger partial charge in [0.2, 0.25) is 11.8 Å². The first-order valence-corrected chi connectivity index (χ1v) is 10.9. The summed E-state index contributed by atoms with van der Waals surface area (Å²) >= 11 is 12.0. The lowest BCUT2D eigenvalue weighted by Crippen LogP contribution is -2.52. The summed E-state index contributed by atoms with van der Waals surface area (Å²) < 4.78 is 0. The monoisotopic (exact) mass is 437 g/mol. The highest BCUT2D eigenvalue weighted by Crippen LogP contribution is 2.41. The number of benzene rings is 1. The van der Waals surface area contributed by atoms with E-state index in [9.17, 15) is 14.4 Å². The number of hydrogen-bond acceptors (Lipinski definition) is 3. The van der Waals surface area contributed by atoms with Gasteiger partial charge in [0.25, 0.3) is 5.91 Å². The third kappa shape index (κ3) is 3.61. The lowest BCUT2D eigenvalue weighted by atomic mass is 9.77. The quantitative estimate of drug-likeness (QED) is 0.713. The number of piperidine rings is 1. The van der Waals surface area contributed by atoms with Crippen LogP contribution in [-0.2, 0) is 9.59 Å². The first-order valence-electron chi connectivity index (χ1n) is 10.1. The second-order valence-corrected chi connectivity index (χ2v) is 9.18. The summed E-state index contributed by atoms with van der Waals surface area (Å²) in [6, 6.07) is 4.35.